The summed E-state index contributed by atoms with van der Waals surface area (Å²) in [4.78, 5) is 18.2. The normalized spacial score (nSPS) is 16.8. The first kappa shape index (κ1) is 17.1. The summed E-state index contributed by atoms with van der Waals surface area (Å²) >= 11 is 0. The molecule has 0 spiro atoms. The summed E-state index contributed by atoms with van der Waals surface area (Å²) in [7, 11) is 1.38. The molecule has 27 heavy (non-hydrogen) atoms. The first-order valence-corrected chi connectivity index (χ1v) is 8.28. The number of carbonyl (C=O) groups is 1. The summed E-state index contributed by atoms with van der Waals surface area (Å²) in [6.45, 7) is 0.350. The molecule has 0 N–H and O–H groups in total. The van der Waals surface area contributed by atoms with Gasteiger partial charge in [0.05, 0.1) is 13.0 Å². The van der Waals surface area contributed by atoms with Crippen molar-refractivity contribution in [3.05, 3.63) is 60.0 Å². The average molecular weight is 371 g/mol. The number of hydrogen-bond donors (Lipinski definition) is 0. The van der Waals surface area contributed by atoms with E-state index < -0.39 is 5.82 Å². The highest BCUT2D eigenvalue weighted by Crippen LogP contribution is 2.32. The van der Waals surface area contributed by atoms with Crippen molar-refractivity contribution in [2.45, 2.75) is 12.3 Å². The number of benzene rings is 2. The lowest BCUT2D eigenvalue weighted by atomic mass is 10.1. The second-order valence-corrected chi connectivity index (χ2v) is 6.19. The minimum atomic E-state index is -0.528. The van der Waals surface area contributed by atoms with Crippen LogP contribution in [0.25, 0.3) is 11.4 Å². The van der Waals surface area contributed by atoms with Gasteiger partial charge in [-0.3, -0.25) is 4.79 Å². The third kappa shape index (κ3) is 3.25. The summed E-state index contributed by atoms with van der Waals surface area (Å²) in [5.74, 6) is -0.624. The fourth-order valence-corrected chi connectivity index (χ4v) is 3.07. The van der Waals surface area contributed by atoms with Crippen LogP contribution >= 0.6 is 0 Å². The molecule has 1 saturated heterocycles. The average Bonchev–Trinajstić information content (AvgIpc) is 3.29. The van der Waals surface area contributed by atoms with E-state index in [1.165, 1.54) is 31.4 Å². The Balaban J connectivity index is 1.54. The molecule has 1 atom stereocenters. The standard InChI is InChI=1S/C19H15F2N3O3/c1-26-16-7-2-11(8-15(16)21)18-22-19(27-23-18)12-9-17(25)24(10-12)14-5-3-13(20)4-6-14/h2-8,12H,9-10H2,1H3. The lowest BCUT2D eigenvalue weighted by molar-refractivity contribution is -0.117. The molecule has 2 heterocycles. The third-order valence-corrected chi connectivity index (χ3v) is 4.46. The van der Waals surface area contributed by atoms with Crippen LogP contribution in [0.15, 0.2) is 47.0 Å². The molecule has 4 rings (SSSR count). The van der Waals surface area contributed by atoms with Gasteiger partial charge in [0.1, 0.15) is 5.82 Å². The van der Waals surface area contributed by atoms with Gasteiger partial charge in [0.2, 0.25) is 17.6 Å². The van der Waals surface area contributed by atoms with E-state index in [9.17, 15) is 13.6 Å². The Morgan fingerprint density at radius 2 is 1.96 bits per heavy atom. The molecule has 3 aromatic rings. The van der Waals surface area contributed by atoms with E-state index in [-0.39, 0.29) is 35.6 Å². The molecule has 1 aliphatic heterocycles. The van der Waals surface area contributed by atoms with Crippen molar-refractivity contribution >= 4 is 11.6 Å². The summed E-state index contributed by atoms with van der Waals surface area (Å²) in [5.41, 5.74) is 1.06. The number of ether oxygens (including phenoxy) is 1. The van der Waals surface area contributed by atoms with Crippen LogP contribution in [0, 0.1) is 11.6 Å². The lowest BCUT2D eigenvalue weighted by Crippen LogP contribution is -2.24. The Labute approximate surface area is 153 Å². The first-order chi connectivity index (χ1) is 13.0. The van der Waals surface area contributed by atoms with Crippen LogP contribution in [-0.2, 0) is 4.79 Å². The number of amides is 1. The molecule has 6 nitrogen and oxygen atoms in total. The fraction of sp³-hybridized carbons (Fsp3) is 0.211. The number of aromatic nitrogens is 2. The van der Waals surface area contributed by atoms with Gasteiger partial charge in [0.15, 0.2) is 11.6 Å². The van der Waals surface area contributed by atoms with Crippen LogP contribution in [0.2, 0.25) is 0 Å². The summed E-state index contributed by atoms with van der Waals surface area (Å²) in [5, 5.41) is 3.89. The lowest BCUT2D eigenvalue weighted by Gasteiger charge is -2.15. The van der Waals surface area contributed by atoms with Crippen LogP contribution < -0.4 is 9.64 Å². The number of carbonyl (C=O) groups excluding carboxylic acids is 1. The van der Waals surface area contributed by atoms with Crippen molar-refractivity contribution in [3.63, 3.8) is 0 Å². The molecule has 8 heteroatoms. The molecule has 1 fully saturated rings. The Morgan fingerprint density at radius 1 is 1.19 bits per heavy atom. The van der Waals surface area contributed by atoms with E-state index in [4.69, 9.17) is 9.26 Å². The summed E-state index contributed by atoms with van der Waals surface area (Å²) in [6, 6.07) is 10.1. The molecule has 2 aromatic carbocycles. The minimum Gasteiger partial charge on any atom is -0.494 e. The maximum Gasteiger partial charge on any atom is 0.232 e. The van der Waals surface area contributed by atoms with Crippen molar-refractivity contribution in [3.8, 4) is 17.1 Å². The third-order valence-electron chi connectivity index (χ3n) is 4.46. The second kappa shape index (κ2) is 6.79. The van der Waals surface area contributed by atoms with Gasteiger partial charge in [0.25, 0.3) is 0 Å². The van der Waals surface area contributed by atoms with Gasteiger partial charge in [-0.15, -0.1) is 0 Å². The zero-order valence-electron chi connectivity index (χ0n) is 14.4. The van der Waals surface area contributed by atoms with Gasteiger partial charge in [-0.05, 0) is 42.5 Å². The number of rotatable bonds is 4. The highest BCUT2D eigenvalue weighted by atomic mass is 19.1. The van der Waals surface area contributed by atoms with Crippen LogP contribution in [0.5, 0.6) is 5.75 Å². The van der Waals surface area contributed by atoms with Crippen LogP contribution in [0.1, 0.15) is 18.2 Å². The van der Waals surface area contributed by atoms with E-state index in [0.29, 0.717) is 23.7 Å². The first-order valence-electron chi connectivity index (χ1n) is 8.28. The number of hydrogen-bond acceptors (Lipinski definition) is 5. The van der Waals surface area contributed by atoms with E-state index in [2.05, 4.69) is 10.1 Å². The number of nitrogens with zero attached hydrogens (tertiary/aromatic N) is 3. The zero-order chi connectivity index (χ0) is 19.0. The van der Waals surface area contributed by atoms with E-state index >= 15 is 0 Å². The summed E-state index contributed by atoms with van der Waals surface area (Å²) in [6.07, 6.45) is 0.204. The Kier molecular flexibility index (Phi) is 4.31. The van der Waals surface area contributed by atoms with Gasteiger partial charge in [-0.2, -0.15) is 4.98 Å². The Bertz CT molecular complexity index is 988. The van der Waals surface area contributed by atoms with Gasteiger partial charge >= 0.3 is 0 Å². The second-order valence-electron chi connectivity index (χ2n) is 6.19. The largest absolute Gasteiger partial charge is 0.494 e. The highest BCUT2D eigenvalue weighted by Gasteiger charge is 2.35. The molecule has 0 aliphatic carbocycles. The Morgan fingerprint density at radius 3 is 2.67 bits per heavy atom. The van der Waals surface area contributed by atoms with Crippen LogP contribution in [-0.4, -0.2) is 29.7 Å². The molecular weight excluding hydrogens is 356 g/mol. The number of methoxy groups -OCH3 is 1. The van der Waals surface area contributed by atoms with E-state index in [0.717, 1.165) is 0 Å². The molecule has 138 valence electrons. The zero-order valence-corrected chi connectivity index (χ0v) is 14.4. The Hall–Kier alpha value is -3.29. The van der Waals surface area contributed by atoms with Gasteiger partial charge < -0.3 is 14.2 Å². The van der Waals surface area contributed by atoms with Crippen molar-refractivity contribution in [1.29, 1.82) is 0 Å². The molecule has 1 aromatic heterocycles. The molecule has 0 radical (unpaired) electrons. The highest BCUT2D eigenvalue weighted by molar-refractivity contribution is 5.96. The monoisotopic (exact) mass is 371 g/mol. The van der Waals surface area contributed by atoms with Crippen molar-refractivity contribution in [1.82, 2.24) is 10.1 Å². The van der Waals surface area contributed by atoms with Crippen molar-refractivity contribution in [2.75, 3.05) is 18.6 Å². The van der Waals surface area contributed by atoms with Gasteiger partial charge in [-0.25, -0.2) is 8.78 Å². The van der Waals surface area contributed by atoms with Crippen molar-refractivity contribution < 1.29 is 22.8 Å². The smallest absolute Gasteiger partial charge is 0.232 e. The molecule has 0 saturated carbocycles. The molecule has 1 aliphatic rings. The maximum absolute atomic E-state index is 13.9. The molecule has 1 amide bonds. The van der Waals surface area contributed by atoms with E-state index in [1.807, 2.05) is 0 Å². The molecule has 1 unspecified atom stereocenters. The quantitative estimate of drug-likeness (QED) is 0.702. The number of anilines is 1. The van der Waals surface area contributed by atoms with Crippen molar-refractivity contribution in [2.24, 2.45) is 0 Å². The topological polar surface area (TPSA) is 68.5 Å². The molecule has 0 bridgehead atoms. The summed E-state index contributed by atoms with van der Waals surface area (Å²) < 4.78 is 37.1. The van der Waals surface area contributed by atoms with Crippen LogP contribution in [0.4, 0.5) is 14.5 Å². The molecular formula is C19H15F2N3O3. The SMILES string of the molecule is COc1ccc(-c2noc(C3CC(=O)N(c4ccc(F)cc4)C3)n2)cc1F. The maximum atomic E-state index is 13.9. The van der Waals surface area contributed by atoms with Crippen LogP contribution in [0.3, 0.4) is 0 Å². The van der Waals surface area contributed by atoms with E-state index in [1.54, 1.807) is 23.1 Å². The predicted molar refractivity (Wildman–Crippen MR) is 92.4 cm³/mol. The van der Waals surface area contributed by atoms with Gasteiger partial charge in [-0.1, -0.05) is 5.16 Å². The number of halogens is 2. The fourth-order valence-electron chi connectivity index (χ4n) is 3.07. The van der Waals surface area contributed by atoms with Gasteiger partial charge in [0, 0.05) is 24.2 Å². The minimum absolute atomic E-state index is 0.109. The predicted octanol–water partition coefficient (Wildman–Crippen LogP) is 3.54.